The van der Waals surface area contributed by atoms with Crippen LogP contribution in [0.3, 0.4) is 0 Å². The summed E-state index contributed by atoms with van der Waals surface area (Å²) in [4.78, 5) is 10.4. The van der Waals surface area contributed by atoms with Crippen LogP contribution in [-0.4, -0.2) is 53.1 Å². The lowest BCUT2D eigenvalue weighted by Crippen LogP contribution is -2.30. The molecular weight excluding hydrogens is 647 g/mol. The van der Waals surface area contributed by atoms with E-state index in [2.05, 4.69) is 132 Å². The summed E-state index contributed by atoms with van der Waals surface area (Å²) >= 11 is 2.00. The normalized spacial score (nSPS) is 11.6. The Kier molecular flexibility index (Phi) is 42.0. The maximum absolute atomic E-state index is 8.95. The molecule has 0 aliphatic carbocycles. The molecule has 4 aromatic carbocycles. The minimum Gasteiger partial charge on any atom is -0.471 e. The van der Waals surface area contributed by atoms with E-state index in [0.717, 1.165) is 24.6 Å². The summed E-state index contributed by atoms with van der Waals surface area (Å²) in [6.45, 7) is 17.3. The van der Waals surface area contributed by atoms with Crippen LogP contribution in [0.4, 0.5) is 5.69 Å². The van der Waals surface area contributed by atoms with E-state index in [1.807, 2.05) is 90.0 Å². The third kappa shape index (κ3) is 32.7. The Hall–Kier alpha value is -4.28. The number of nitrogens with one attached hydrogen (secondary N) is 3. The van der Waals surface area contributed by atoms with E-state index in [0.29, 0.717) is 6.47 Å². The SMILES string of the molecule is C#C.C=CCNC.CC.CC.CNc1ccccc1.COC=O.Cc1ccc(SCC2CCCNC2)cc1.c1ccc(Cc2ccccc2)cc1. The van der Waals surface area contributed by atoms with Crippen molar-refractivity contribution in [2.24, 2.45) is 5.92 Å². The minimum atomic E-state index is 0.375. The van der Waals surface area contributed by atoms with E-state index in [9.17, 15) is 0 Å². The molecule has 0 amide bonds. The quantitative estimate of drug-likeness (QED) is 0.0695. The molecule has 4 aromatic rings. The van der Waals surface area contributed by atoms with Crippen molar-refractivity contribution in [2.75, 3.05) is 51.9 Å². The molecule has 51 heavy (non-hydrogen) atoms. The van der Waals surface area contributed by atoms with E-state index in [1.165, 1.54) is 60.4 Å². The number of likely N-dealkylation sites (N-methyl/N-ethyl adjacent to an activating group) is 1. The lowest BCUT2D eigenvalue weighted by Gasteiger charge is -2.22. The number of carbonyl (C=O) groups is 1. The van der Waals surface area contributed by atoms with Crippen LogP contribution in [0.2, 0.25) is 0 Å². The molecule has 5 nitrogen and oxygen atoms in total. The van der Waals surface area contributed by atoms with Crippen LogP contribution in [0.25, 0.3) is 0 Å². The molecule has 0 spiro atoms. The van der Waals surface area contributed by atoms with Crippen LogP contribution >= 0.6 is 11.8 Å². The number of para-hydroxylation sites is 1. The van der Waals surface area contributed by atoms with Gasteiger partial charge in [0.1, 0.15) is 0 Å². The molecule has 1 fully saturated rings. The van der Waals surface area contributed by atoms with Gasteiger partial charge in [-0.15, -0.1) is 31.2 Å². The van der Waals surface area contributed by atoms with Crippen molar-refractivity contribution in [3.8, 4) is 12.8 Å². The number of terminal acetylenes is 1. The lowest BCUT2D eigenvalue weighted by atomic mass is 10.0. The number of methoxy groups -OCH3 is 1. The molecule has 280 valence electrons. The summed E-state index contributed by atoms with van der Waals surface area (Å²) in [5, 5.41) is 9.39. The zero-order valence-electron chi connectivity index (χ0n) is 32.7. The summed E-state index contributed by atoms with van der Waals surface area (Å²) < 4.78 is 3.86. The third-order valence-electron chi connectivity index (χ3n) is 6.51. The number of anilines is 1. The first-order chi connectivity index (χ1) is 25.1. The standard InChI is InChI=1S/C13H19NS.C13H12.C7H9N.C4H9N.C2H4O2.2C2H6.C2H2/c1-11-4-6-13(7-5-11)15-10-12-3-2-8-14-9-12;1-3-7-12(8-4-1)11-13-9-5-2-6-10-13;1-8-7-5-3-2-4-6-7;1-3-4-5-2;1-4-2-3;3*1-2/h4-7,12,14H,2-3,8-10H2,1H3;1-10H,11H2;2-6,8H,1H3;3,5H,1,4H2,2H3;2H,1H3;2*1-2H3;1-2H. The van der Waals surface area contributed by atoms with E-state index in [-0.39, 0.29) is 0 Å². The minimum absolute atomic E-state index is 0.375. The van der Waals surface area contributed by atoms with Crippen LogP contribution in [-0.2, 0) is 16.0 Å². The zero-order valence-corrected chi connectivity index (χ0v) is 33.6. The van der Waals surface area contributed by atoms with Gasteiger partial charge in [-0.2, -0.15) is 0 Å². The molecule has 1 aliphatic heterocycles. The molecule has 1 aliphatic rings. The second kappa shape index (κ2) is 41.9. The molecule has 0 radical (unpaired) electrons. The number of hydrogen-bond donors (Lipinski definition) is 3. The van der Waals surface area contributed by atoms with Gasteiger partial charge in [-0.05, 0) is 87.6 Å². The molecule has 1 saturated heterocycles. The van der Waals surface area contributed by atoms with Crippen molar-refractivity contribution < 1.29 is 9.53 Å². The maximum Gasteiger partial charge on any atom is 0.292 e. The van der Waals surface area contributed by atoms with Crippen LogP contribution < -0.4 is 16.0 Å². The molecule has 1 heterocycles. The second-order valence-corrected chi connectivity index (χ2v) is 11.4. The molecular formula is C45H67N3O2S. The molecule has 0 aromatic heterocycles. The predicted octanol–water partition coefficient (Wildman–Crippen LogP) is 10.6. The zero-order chi connectivity index (χ0) is 38.8. The Morgan fingerprint density at radius 1 is 0.824 bits per heavy atom. The molecule has 0 saturated carbocycles. The first kappa shape index (κ1) is 51.1. The van der Waals surface area contributed by atoms with Gasteiger partial charge in [0.15, 0.2) is 0 Å². The van der Waals surface area contributed by atoms with Gasteiger partial charge in [-0.25, -0.2) is 0 Å². The summed E-state index contributed by atoms with van der Waals surface area (Å²) in [5.41, 5.74) is 5.24. The lowest BCUT2D eigenvalue weighted by molar-refractivity contribution is -0.126. The molecule has 3 N–H and O–H groups in total. The van der Waals surface area contributed by atoms with Crippen LogP contribution in [0.15, 0.2) is 133 Å². The Balaban J connectivity index is -0.000000581. The van der Waals surface area contributed by atoms with Crippen molar-refractivity contribution in [3.63, 3.8) is 0 Å². The number of benzene rings is 4. The smallest absolute Gasteiger partial charge is 0.292 e. The van der Waals surface area contributed by atoms with Gasteiger partial charge in [0.25, 0.3) is 6.47 Å². The van der Waals surface area contributed by atoms with Crippen molar-refractivity contribution in [2.45, 2.75) is 58.8 Å². The number of aryl methyl sites for hydroxylation is 1. The summed E-state index contributed by atoms with van der Waals surface area (Å²) in [5.74, 6) is 2.13. The number of carbonyl (C=O) groups excluding carboxylic acids is 1. The van der Waals surface area contributed by atoms with Crippen LogP contribution in [0.1, 0.15) is 57.2 Å². The van der Waals surface area contributed by atoms with Gasteiger partial charge in [-0.3, -0.25) is 4.79 Å². The Morgan fingerprint density at radius 2 is 1.29 bits per heavy atom. The van der Waals surface area contributed by atoms with Gasteiger partial charge in [-0.1, -0.05) is 130 Å². The Morgan fingerprint density at radius 3 is 1.63 bits per heavy atom. The number of thioether (sulfide) groups is 1. The largest absolute Gasteiger partial charge is 0.471 e. The number of rotatable bonds is 9. The fourth-order valence-electron chi connectivity index (χ4n) is 4.09. The van der Waals surface area contributed by atoms with Crippen molar-refractivity contribution in [1.29, 1.82) is 0 Å². The van der Waals surface area contributed by atoms with Crippen molar-refractivity contribution >= 4 is 23.9 Å². The second-order valence-electron chi connectivity index (χ2n) is 10.3. The van der Waals surface area contributed by atoms with Crippen molar-refractivity contribution in [3.05, 3.63) is 145 Å². The molecule has 1 atom stereocenters. The van der Waals surface area contributed by atoms with Gasteiger partial charge in [0.05, 0.1) is 7.11 Å². The maximum atomic E-state index is 8.95. The first-order valence-corrected chi connectivity index (χ1v) is 18.8. The van der Waals surface area contributed by atoms with E-state index in [4.69, 9.17) is 4.79 Å². The van der Waals surface area contributed by atoms with Gasteiger partial charge in [0, 0.05) is 29.9 Å². The molecule has 0 bridgehead atoms. The predicted molar refractivity (Wildman–Crippen MR) is 229 cm³/mol. The van der Waals surface area contributed by atoms with E-state index >= 15 is 0 Å². The Bertz CT molecular complexity index is 1230. The highest BCUT2D eigenvalue weighted by Gasteiger charge is 2.12. The average molecular weight is 714 g/mol. The molecule has 5 rings (SSSR count). The van der Waals surface area contributed by atoms with Crippen molar-refractivity contribution in [1.82, 2.24) is 10.6 Å². The van der Waals surface area contributed by atoms with Gasteiger partial charge >= 0.3 is 0 Å². The summed E-state index contributed by atoms with van der Waals surface area (Å²) in [6.07, 6.45) is 13.6. The van der Waals surface area contributed by atoms with E-state index in [1.54, 1.807) is 0 Å². The van der Waals surface area contributed by atoms with Gasteiger partial charge < -0.3 is 20.7 Å². The number of hydrogen-bond acceptors (Lipinski definition) is 6. The van der Waals surface area contributed by atoms with Crippen LogP contribution in [0.5, 0.6) is 0 Å². The van der Waals surface area contributed by atoms with E-state index < -0.39 is 0 Å². The topological polar surface area (TPSA) is 62.4 Å². The highest BCUT2D eigenvalue weighted by atomic mass is 32.2. The molecule has 1 unspecified atom stereocenters. The Labute approximate surface area is 317 Å². The third-order valence-corrected chi connectivity index (χ3v) is 7.75. The van der Waals surface area contributed by atoms with Gasteiger partial charge in [0.2, 0.25) is 0 Å². The van der Waals surface area contributed by atoms with Crippen LogP contribution in [0, 0.1) is 25.7 Å². The average Bonchev–Trinajstić information content (AvgIpc) is 3.22. The molecule has 6 heteroatoms. The number of piperidine rings is 1. The summed E-state index contributed by atoms with van der Waals surface area (Å²) in [7, 11) is 5.12. The highest BCUT2D eigenvalue weighted by molar-refractivity contribution is 7.99. The monoisotopic (exact) mass is 713 g/mol. The highest BCUT2D eigenvalue weighted by Crippen LogP contribution is 2.23. The summed E-state index contributed by atoms with van der Waals surface area (Å²) in [6, 6.07) is 40.0. The fraction of sp³-hybridized carbons (Fsp3) is 0.356. The number of ether oxygens (including phenoxy) is 1. The first-order valence-electron chi connectivity index (χ1n) is 17.8. The fourth-order valence-corrected chi connectivity index (χ4v) is 5.13.